The molecule has 3 aromatic carbocycles. The van der Waals surface area contributed by atoms with Crippen LogP contribution in [0.3, 0.4) is 0 Å². The van der Waals surface area contributed by atoms with Gasteiger partial charge in [-0.15, -0.1) is 0 Å². The lowest BCUT2D eigenvalue weighted by molar-refractivity contribution is -0.112. The molecule has 260 valence electrons. The second-order valence-electron chi connectivity index (χ2n) is 12.4. The van der Waals surface area contributed by atoms with Crippen LogP contribution in [0.5, 0.6) is 5.75 Å². The summed E-state index contributed by atoms with van der Waals surface area (Å²) in [5.74, 6) is 1.08. The van der Waals surface area contributed by atoms with Crippen molar-refractivity contribution < 1.29 is 18.5 Å². The quantitative estimate of drug-likeness (QED) is 0.0837. The van der Waals surface area contributed by atoms with Crippen molar-refractivity contribution in [3.05, 3.63) is 96.1 Å². The fraction of sp³-hybridized carbons (Fsp3) is 0.400. The van der Waals surface area contributed by atoms with Crippen molar-refractivity contribution in [2.75, 3.05) is 43.1 Å². The Labute approximate surface area is 294 Å². The molecule has 1 atom stereocenters. The van der Waals surface area contributed by atoms with Crippen LogP contribution in [0.1, 0.15) is 70.6 Å². The van der Waals surface area contributed by atoms with Gasteiger partial charge in [-0.05, 0) is 103 Å². The predicted molar refractivity (Wildman–Crippen MR) is 201 cm³/mol. The maximum absolute atomic E-state index is 13.6. The van der Waals surface area contributed by atoms with Gasteiger partial charge in [-0.2, -0.15) is 0 Å². The number of nitrogens with zero attached hydrogens (tertiary/aromatic N) is 3. The normalized spacial score (nSPS) is 13.9. The molecule has 0 saturated carbocycles. The molecular weight excluding hydrogens is 633 g/mol. The van der Waals surface area contributed by atoms with Gasteiger partial charge in [0.15, 0.2) is 0 Å². The van der Waals surface area contributed by atoms with Crippen LogP contribution >= 0.6 is 0 Å². The lowest BCUT2D eigenvalue weighted by atomic mass is 9.99. The molecule has 1 aliphatic rings. The summed E-state index contributed by atoms with van der Waals surface area (Å²) in [6, 6.07) is 22.0. The first kappa shape index (κ1) is 36.1. The van der Waals surface area contributed by atoms with E-state index in [9.17, 15) is 9.00 Å². The minimum atomic E-state index is -1.21. The molecule has 49 heavy (non-hydrogen) atoms. The number of anilines is 2. The number of carbonyl (C=O) groups excluding carboxylic acids is 1. The average Bonchev–Trinajstić information content (AvgIpc) is 3.82. The number of hydrogen-bond acceptors (Lipinski definition) is 6. The molecule has 0 bridgehead atoms. The maximum atomic E-state index is 13.6. The van der Waals surface area contributed by atoms with E-state index in [1.54, 1.807) is 12.5 Å². The maximum Gasteiger partial charge on any atom is 0.251 e. The molecule has 1 saturated heterocycles. The number of rotatable bonds is 18. The molecule has 0 unspecified atom stereocenters. The summed E-state index contributed by atoms with van der Waals surface area (Å²) in [7, 11) is -1.21. The molecule has 1 aliphatic heterocycles. The van der Waals surface area contributed by atoms with Crippen LogP contribution in [0.15, 0.2) is 89.7 Å². The summed E-state index contributed by atoms with van der Waals surface area (Å²) in [6.07, 6.45) is 11.7. The second-order valence-corrected chi connectivity index (χ2v) is 13.8. The molecule has 8 nitrogen and oxygen atoms in total. The first-order valence-corrected chi connectivity index (χ1v) is 19.0. The number of imidazole rings is 1. The fourth-order valence-corrected chi connectivity index (χ4v) is 7.07. The zero-order valence-electron chi connectivity index (χ0n) is 29.2. The van der Waals surface area contributed by atoms with Gasteiger partial charge in [0, 0.05) is 54.3 Å². The highest BCUT2D eigenvalue weighted by Crippen LogP contribution is 2.32. The zero-order chi connectivity index (χ0) is 34.4. The van der Waals surface area contributed by atoms with Crippen LogP contribution in [-0.2, 0) is 32.6 Å². The van der Waals surface area contributed by atoms with Gasteiger partial charge in [0.05, 0.1) is 35.2 Å². The van der Waals surface area contributed by atoms with Crippen molar-refractivity contribution in [1.82, 2.24) is 9.55 Å². The monoisotopic (exact) mass is 682 g/mol. The van der Waals surface area contributed by atoms with E-state index in [0.29, 0.717) is 36.6 Å². The van der Waals surface area contributed by atoms with Gasteiger partial charge in [0.2, 0.25) is 0 Å². The molecular formula is C40H50N4O4S. The third-order valence-corrected chi connectivity index (χ3v) is 10.1. The highest BCUT2D eigenvalue weighted by molar-refractivity contribution is 7.84. The van der Waals surface area contributed by atoms with E-state index >= 15 is 0 Å². The highest BCUT2D eigenvalue weighted by atomic mass is 32.2. The Morgan fingerprint density at radius 3 is 2.39 bits per heavy atom. The smallest absolute Gasteiger partial charge is 0.251 e. The minimum absolute atomic E-state index is 0.141. The third kappa shape index (κ3) is 10.2. The van der Waals surface area contributed by atoms with Gasteiger partial charge in [-0.25, -0.2) is 4.98 Å². The van der Waals surface area contributed by atoms with Crippen LogP contribution in [0.25, 0.3) is 17.2 Å². The van der Waals surface area contributed by atoms with E-state index in [1.807, 2.05) is 49.4 Å². The Bertz CT molecular complexity index is 1690. The number of amides is 1. The molecule has 0 radical (unpaired) electrons. The third-order valence-electron chi connectivity index (χ3n) is 8.72. The standard InChI is InChI=1S/C40H50N4O4S/c1-4-7-23-47-24-25-48-37-15-10-32(11-16-37)33-12-19-39(43-21-8-9-22-43)34(27-33)26-31(6-3)40(45)42-35-13-17-38(18-14-35)49(46)29-36-28-41-30-44(36)20-5-2/h10-19,26-28,30H,4-9,20-25,29H2,1-3H3,(H,42,45)/b31-26+/t49-/m0/s1. The van der Waals surface area contributed by atoms with Crippen LogP contribution in [0.2, 0.25) is 0 Å². The van der Waals surface area contributed by atoms with Crippen molar-refractivity contribution in [1.29, 1.82) is 0 Å². The van der Waals surface area contributed by atoms with Crippen LogP contribution in [-0.4, -0.2) is 52.6 Å². The number of aromatic nitrogens is 2. The number of carbonyl (C=O) groups is 1. The highest BCUT2D eigenvalue weighted by Gasteiger charge is 2.18. The first-order chi connectivity index (χ1) is 24.0. The Hall–Kier alpha value is -4.21. The lowest BCUT2D eigenvalue weighted by Gasteiger charge is -2.22. The van der Waals surface area contributed by atoms with Crippen molar-refractivity contribution in [2.45, 2.75) is 76.5 Å². The number of benzene rings is 3. The number of nitrogens with one attached hydrogen (secondary N) is 1. The van der Waals surface area contributed by atoms with E-state index in [4.69, 9.17) is 9.47 Å². The minimum Gasteiger partial charge on any atom is -0.491 e. The topological polar surface area (TPSA) is 85.7 Å². The molecule has 9 heteroatoms. The molecule has 4 aromatic rings. The van der Waals surface area contributed by atoms with Crippen LogP contribution in [0, 0.1) is 0 Å². The predicted octanol–water partition coefficient (Wildman–Crippen LogP) is 8.50. The van der Waals surface area contributed by atoms with Crippen molar-refractivity contribution in [3.8, 4) is 16.9 Å². The first-order valence-electron chi connectivity index (χ1n) is 17.7. The SMILES string of the molecule is CCCCOCCOc1ccc(-c2ccc(N3CCCC3)c(/C=C(\CC)C(=O)Nc3ccc([S@@](=O)Cc4cncn4CCC)cc3)c2)cc1. The second kappa shape index (κ2) is 18.5. The van der Waals surface area contributed by atoms with Crippen molar-refractivity contribution in [2.24, 2.45) is 0 Å². The molecule has 1 amide bonds. The van der Waals surface area contributed by atoms with Gasteiger partial charge in [0.1, 0.15) is 12.4 Å². The Balaban J connectivity index is 1.28. The molecule has 1 fully saturated rings. The van der Waals surface area contributed by atoms with Gasteiger partial charge in [-0.3, -0.25) is 9.00 Å². The van der Waals surface area contributed by atoms with Crippen molar-refractivity contribution >= 4 is 34.2 Å². The summed E-state index contributed by atoms with van der Waals surface area (Å²) < 4.78 is 26.6. The van der Waals surface area contributed by atoms with E-state index in [-0.39, 0.29) is 5.91 Å². The van der Waals surface area contributed by atoms with Gasteiger partial charge >= 0.3 is 0 Å². The summed E-state index contributed by atoms with van der Waals surface area (Å²) >= 11 is 0. The molecule has 2 heterocycles. The molecule has 5 rings (SSSR count). The summed E-state index contributed by atoms with van der Waals surface area (Å²) in [5, 5.41) is 3.07. The fourth-order valence-electron chi connectivity index (χ4n) is 5.95. The number of ether oxygens (including phenoxy) is 2. The Kier molecular flexibility index (Phi) is 13.6. The van der Waals surface area contributed by atoms with E-state index < -0.39 is 10.8 Å². The number of unbranched alkanes of at least 4 members (excludes halogenated alkanes) is 1. The number of hydrogen-bond donors (Lipinski definition) is 1. The summed E-state index contributed by atoms with van der Waals surface area (Å²) in [5.41, 5.74) is 6.67. The Morgan fingerprint density at radius 1 is 0.918 bits per heavy atom. The largest absolute Gasteiger partial charge is 0.491 e. The summed E-state index contributed by atoms with van der Waals surface area (Å²) in [6.45, 7) is 11.0. The average molecular weight is 683 g/mol. The molecule has 0 aliphatic carbocycles. The Morgan fingerprint density at radius 2 is 1.67 bits per heavy atom. The molecule has 1 aromatic heterocycles. The van der Waals surface area contributed by atoms with Gasteiger partial charge in [-0.1, -0.05) is 45.4 Å². The lowest BCUT2D eigenvalue weighted by Crippen LogP contribution is -2.19. The zero-order valence-corrected chi connectivity index (χ0v) is 30.0. The molecule has 0 spiro atoms. The number of aryl methyl sites for hydroxylation is 1. The summed E-state index contributed by atoms with van der Waals surface area (Å²) in [4.78, 5) is 20.9. The van der Waals surface area contributed by atoms with Crippen LogP contribution in [0.4, 0.5) is 11.4 Å². The van der Waals surface area contributed by atoms with Crippen molar-refractivity contribution in [3.63, 3.8) is 0 Å². The van der Waals surface area contributed by atoms with E-state index in [1.165, 1.54) is 12.8 Å². The van der Waals surface area contributed by atoms with E-state index in [0.717, 1.165) is 84.2 Å². The van der Waals surface area contributed by atoms with Gasteiger partial charge in [0.25, 0.3) is 5.91 Å². The van der Waals surface area contributed by atoms with Crippen LogP contribution < -0.4 is 15.0 Å². The van der Waals surface area contributed by atoms with Gasteiger partial charge < -0.3 is 24.3 Å². The molecule has 1 N–H and O–H groups in total. The van der Waals surface area contributed by atoms with E-state index in [2.05, 4.69) is 63.9 Å².